The number of nitrogens with zero attached hydrogens (tertiary/aromatic N) is 1. The normalized spacial score (nSPS) is 19.1. The minimum Gasteiger partial charge on any atom is -0.489 e. The first-order valence-electron chi connectivity index (χ1n) is 11.1. The Kier molecular flexibility index (Phi) is 6.38. The fourth-order valence-electron chi connectivity index (χ4n) is 4.12. The molecule has 1 aliphatic rings. The van der Waals surface area contributed by atoms with Gasteiger partial charge in [0.05, 0.1) is 12.6 Å². The van der Waals surface area contributed by atoms with Crippen LogP contribution in [0, 0.1) is 0 Å². The van der Waals surface area contributed by atoms with Crippen molar-refractivity contribution < 1.29 is 19.4 Å². The Morgan fingerprint density at radius 1 is 1.03 bits per heavy atom. The van der Waals surface area contributed by atoms with Gasteiger partial charge in [-0.25, -0.2) is 4.79 Å². The molecule has 3 aromatic carbocycles. The lowest BCUT2D eigenvalue weighted by Gasteiger charge is -2.36. The van der Waals surface area contributed by atoms with Gasteiger partial charge in [0.25, 0.3) is 0 Å². The fraction of sp³-hybridized carbons (Fsp3) is 0.370. The van der Waals surface area contributed by atoms with Crippen molar-refractivity contribution in [2.45, 2.75) is 51.4 Å². The highest BCUT2D eigenvalue weighted by atomic mass is 16.6. The molecular weight excluding hydrogens is 402 g/mol. The van der Waals surface area contributed by atoms with Gasteiger partial charge in [-0.3, -0.25) is 0 Å². The molecule has 0 saturated carbocycles. The number of likely N-dealkylation sites (tertiary alicyclic amines) is 1. The minimum atomic E-state index is -0.624. The van der Waals surface area contributed by atoms with Gasteiger partial charge in [-0.15, -0.1) is 0 Å². The highest BCUT2D eigenvalue weighted by molar-refractivity contribution is 5.82. The lowest BCUT2D eigenvalue weighted by Crippen LogP contribution is -2.47. The standard InChI is InChI=1S/C27H31NO4/c1-27(2,3)32-26(30)28-15-14-24(25(29)17-28)21-10-12-23(13-11-21)31-18-19-8-9-20-6-4-5-7-22(20)16-19/h4-13,16,24-25,29H,14-15,17-18H2,1-3H3. The van der Waals surface area contributed by atoms with E-state index in [0.717, 1.165) is 16.9 Å². The number of hydrogen-bond donors (Lipinski definition) is 1. The largest absolute Gasteiger partial charge is 0.489 e. The quantitative estimate of drug-likeness (QED) is 0.590. The van der Waals surface area contributed by atoms with E-state index in [-0.39, 0.29) is 18.6 Å². The number of piperidine rings is 1. The average molecular weight is 434 g/mol. The molecule has 3 aromatic rings. The minimum absolute atomic E-state index is 0.0109. The molecule has 5 nitrogen and oxygen atoms in total. The van der Waals surface area contributed by atoms with Crippen LogP contribution in [0.15, 0.2) is 66.7 Å². The molecule has 5 heteroatoms. The Morgan fingerprint density at radius 3 is 2.44 bits per heavy atom. The van der Waals surface area contributed by atoms with Gasteiger partial charge in [-0.05, 0) is 67.3 Å². The molecule has 0 radical (unpaired) electrons. The number of carbonyl (C=O) groups excluding carboxylic acids is 1. The van der Waals surface area contributed by atoms with Crippen LogP contribution in [-0.2, 0) is 11.3 Å². The lowest BCUT2D eigenvalue weighted by atomic mass is 9.87. The maximum absolute atomic E-state index is 12.3. The van der Waals surface area contributed by atoms with E-state index in [1.807, 2.05) is 57.2 Å². The van der Waals surface area contributed by atoms with Crippen molar-refractivity contribution in [2.75, 3.05) is 13.1 Å². The van der Waals surface area contributed by atoms with E-state index in [1.54, 1.807) is 4.90 Å². The Hall–Kier alpha value is -3.05. The highest BCUT2D eigenvalue weighted by Crippen LogP contribution is 2.30. The molecule has 0 aliphatic carbocycles. The van der Waals surface area contributed by atoms with Crippen molar-refractivity contribution in [1.29, 1.82) is 0 Å². The number of ether oxygens (including phenoxy) is 2. The van der Waals surface area contributed by atoms with Gasteiger partial charge in [0.2, 0.25) is 0 Å². The van der Waals surface area contributed by atoms with E-state index in [9.17, 15) is 9.90 Å². The van der Waals surface area contributed by atoms with E-state index >= 15 is 0 Å². The third-order valence-corrected chi connectivity index (χ3v) is 5.76. The first-order valence-corrected chi connectivity index (χ1v) is 11.1. The predicted molar refractivity (Wildman–Crippen MR) is 126 cm³/mol. The van der Waals surface area contributed by atoms with Crippen LogP contribution in [0.1, 0.15) is 44.2 Å². The number of aliphatic hydroxyl groups is 1. The predicted octanol–water partition coefficient (Wildman–Crippen LogP) is 5.50. The van der Waals surface area contributed by atoms with E-state index in [1.165, 1.54) is 10.8 Å². The summed E-state index contributed by atoms with van der Waals surface area (Å²) >= 11 is 0. The van der Waals surface area contributed by atoms with Gasteiger partial charge in [0.1, 0.15) is 18.0 Å². The summed E-state index contributed by atoms with van der Waals surface area (Å²) in [4.78, 5) is 13.9. The van der Waals surface area contributed by atoms with Crippen molar-refractivity contribution in [1.82, 2.24) is 4.90 Å². The van der Waals surface area contributed by atoms with Crippen molar-refractivity contribution in [2.24, 2.45) is 0 Å². The molecule has 1 amide bonds. The zero-order chi connectivity index (χ0) is 22.7. The van der Waals surface area contributed by atoms with Crippen LogP contribution >= 0.6 is 0 Å². The summed E-state index contributed by atoms with van der Waals surface area (Å²) < 4.78 is 11.4. The molecule has 1 heterocycles. The fourth-order valence-corrected chi connectivity index (χ4v) is 4.12. The van der Waals surface area contributed by atoms with Gasteiger partial charge in [-0.1, -0.05) is 48.5 Å². The molecule has 1 aliphatic heterocycles. The number of carbonyl (C=O) groups is 1. The molecule has 0 spiro atoms. The van der Waals surface area contributed by atoms with E-state index < -0.39 is 11.7 Å². The number of β-amino-alcohol motifs (C(OH)–C–C–N with tert-alkyl or cyclic N) is 1. The molecule has 4 rings (SSSR count). The number of amides is 1. The SMILES string of the molecule is CC(C)(C)OC(=O)N1CCC(c2ccc(OCc3ccc4ccccc4c3)cc2)C(O)C1. The molecule has 1 saturated heterocycles. The van der Waals surface area contributed by atoms with E-state index in [4.69, 9.17) is 9.47 Å². The van der Waals surface area contributed by atoms with Crippen LogP contribution < -0.4 is 4.74 Å². The van der Waals surface area contributed by atoms with Gasteiger partial charge in [0.15, 0.2) is 0 Å². The summed E-state index contributed by atoms with van der Waals surface area (Å²) in [6.45, 7) is 6.88. The van der Waals surface area contributed by atoms with E-state index in [0.29, 0.717) is 19.6 Å². The molecule has 2 unspecified atom stereocenters. The Morgan fingerprint density at radius 2 is 1.75 bits per heavy atom. The van der Waals surface area contributed by atoms with E-state index in [2.05, 4.69) is 30.3 Å². The maximum Gasteiger partial charge on any atom is 0.410 e. The highest BCUT2D eigenvalue weighted by Gasteiger charge is 2.33. The number of hydrogen-bond acceptors (Lipinski definition) is 4. The monoisotopic (exact) mass is 433 g/mol. The molecular formula is C27H31NO4. The number of fused-ring (bicyclic) bond motifs is 1. The molecule has 32 heavy (non-hydrogen) atoms. The summed E-state index contributed by atoms with van der Waals surface area (Å²) in [6.07, 6.45) is -0.300. The van der Waals surface area contributed by atoms with Crippen molar-refractivity contribution in [3.05, 3.63) is 77.9 Å². The van der Waals surface area contributed by atoms with Gasteiger partial charge >= 0.3 is 6.09 Å². The second kappa shape index (κ2) is 9.21. The second-order valence-corrected chi connectivity index (χ2v) is 9.43. The molecule has 1 fully saturated rings. The van der Waals surface area contributed by atoms with Crippen LogP contribution in [0.25, 0.3) is 10.8 Å². The van der Waals surface area contributed by atoms with Gasteiger partial charge < -0.3 is 19.5 Å². The van der Waals surface area contributed by atoms with Crippen molar-refractivity contribution >= 4 is 16.9 Å². The Labute approximate surface area is 189 Å². The first kappa shape index (κ1) is 22.2. The smallest absolute Gasteiger partial charge is 0.410 e. The van der Waals surface area contributed by atoms with Gasteiger partial charge in [-0.2, -0.15) is 0 Å². The summed E-state index contributed by atoms with van der Waals surface area (Å²) in [5.41, 5.74) is 1.64. The second-order valence-electron chi connectivity index (χ2n) is 9.43. The Bertz CT molecular complexity index is 1070. The first-order chi connectivity index (χ1) is 15.3. The number of benzene rings is 3. The topological polar surface area (TPSA) is 59.0 Å². The summed E-state index contributed by atoms with van der Waals surface area (Å²) in [7, 11) is 0. The average Bonchev–Trinajstić information content (AvgIpc) is 2.77. The van der Waals surface area contributed by atoms with Gasteiger partial charge in [0, 0.05) is 12.5 Å². The summed E-state index contributed by atoms with van der Waals surface area (Å²) in [6, 6.07) is 22.5. The molecule has 2 atom stereocenters. The third kappa shape index (κ3) is 5.40. The van der Waals surface area contributed by atoms with Crippen LogP contribution in [0.2, 0.25) is 0 Å². The molecule has 1 N–H and O–H groups in total. The summed E-state index contributed by atoms with van der Waals surface area (Å²) in [5.74, 6) is 0.783. The Balaban J connectivity index is 1.33. The van der Waals surface area contributed by atoms with Crippen LogP contribution in [0.4, 0.5) is 4.79 Å². The van der Waals surface area contributed by atoms with Crippen molar-refractivity contribution in [3.63, 3.8) is 0 Å². The zero-order valence-corrected chi connectivity index (χ0v) is 19.0. The van der Waals surface area contributed by atoms with Crippen molar-refractivity contribution in [3.8, 4) is 5.75 Å². The molecule has 168 valence electrons. The molecule has 0 bridgehead atoms. The number of aliphatic hydroxyl groups excluding tert-OH is 1. The zero-order valence-electron chi connectivity index (χ0n) is 19.0. The lowest BCUT2D eigenvalue weighted by molar-refractivity contribution is -0.00152. The van der Waals surface area contributed by atoms with Crippen LogP contribution in [0.3, 0.4) is 0 Å². The maximum atomic E-state index is 12.3. The summed E-state index contributed by atoms with van der Waals surface area (Å²) in [5, 5.41) is 13.1. The van der Waals surface area contributed by atoms with Crippen LogP contribution in [0.5, 0.6) is 5.75 Å². The van der Waals surface area contributed by atoms with Crippen LogP contribution in [-0.4, -0.2) is 40.9 Å². The number of rotatable bonds is 4. The third-order valence-electron chi connectivity index (χ3n) is 5.76. The molecule has 0 aromatic heterocycles.